The van der Waals surface area contributed by atoms with Crippen molar-refractivity contribution in [1.29, 1.82) is 0 Å². The van der Waals surface area contributed by atoms with E-state index in [0.29, 0.717) is 24.5 Å². The molecule has 3 nitrogen and oxygen atoms in total. The molecule has 0 fully saturated rings. The molecule has 1 aromatic carbocycles. The van der Waals surface area contributed by atoms with Gasteiger partial charge >= 0.3 is 0 Å². The molecule has 0 amide bonds. The van der Waals surface area contributed by atoms with Gasteiger partial charge in [-0.1, -0.05) is 23.2 Å². The van der Waals surface area contributed by atoms with Gasteiger partial charge in [0.25, 0.3) is 0 Å². The number of aryl methyl sites for hydroxylation is 1. The van der Waals surface area contributed by atoms with E-state index in [4.69, 9.17) is 16.3 Å². The number of nitrogens with zero attached hydrogens (tertiary/aromatic N) is 1. The second-order valence-electron chi connectivity index (χ2n) is 6.31. The lowest BCUT2D eigenvalue weighted by atomic mass is 9.90. The third-order valence-corrected chi connectivity index (χ3v) is 5.68. The maximum Gasteiger partial charge on any atom is 0.121 e. The van der Waals surface area contributed by atoms with Crippen LogP contribution < -0.4 is 4.74 Å². The fourth-order valence-corrected chi connectivity index (χ4v) is 4.06. The smallest absolute Gasteiger partial charge is 0.121 e. The highest BCUT2D eigenvalue weighted by atomic mass is 35.5. The summed E-state index contributed by atoms with van der Waals surface area (Å²) in [7, 11) is 0. The van der Waals surface area contributed by atoms with Crippen LogP contribution in [0.3, 0.4) is 0 Å². The van der Waals surface area contributed by atoms with E-state index < -0.39 is 0 Å². The van der Waals surface area contributed by atoms with Crippen LogP contribution in [0.4, 0.5) is 0 Å². The fraction of sp³-hybridized carbons (Fsp3) is 0.400. The summed E-state index contributed by atoms with van der Waals surface area (Å²) in [5, 5.41) is 0.668. The molecule has 0 spiro atoms. The Kier molecular flexibility index (Phi) is 6.65. The zero-order chi connectivity index (χ0) is 17.5. The predicted molar refractivity (Wildman–Crippen MR) is 103 cm³/mol. The largest absolute Gasteiger partial charge is 0.489 e. The highest BCUT2D eigenvalue weighted by molar-refractivity contribution is 7.09. The maximum atomic E-state index is 10.5. The Bertz CT molecular complexity index is 740. The molecule has 0 aliphatic heterocycles. The molecule has 5 heteroatoms. The zero-order valence-corrected chi connectivity index (χ0v) is 15.7. The molecule has 1 aliphatic carbocycles. The van der Waals surface area contributed by atoms with E-state index in [9.17, 15) is 4.79 Å². The Morgan fingerprint density at radius 3 is 2.80 bits per heavy atom. The number of carbonyl (C=O) groups is 1. The SMILES string of the molecule is O=CCCc1ccc(OCC2=C(Cc3cncs3)CCCC2)cc1Cl. The number of hydrogen-bond donors (Lipinski definition) is 0. The summed E-state index contributed by atoms with van der Waals surface area (Å²) < 4.78 is 6.01. The Morgan fingerprint density at radius 1 is 1.24 bits per heavy atom. The second-order valence-corrected chi connectivity index (χ2v) is 7.68. The predicted octanol–water partition coefficient (Wildman–Crippen LogP) is 5.42. The molecule has 0 N–H and O–H groups in total. The number of halogens is 1. The maximum absolute atomic E-state index is 10.5. The van der Waals surface area contributed by atoms with E-state index in [0.717, 1.165) is 36.9 Å². The fourth-order valence-electron chi connectivity index (χ4n) is 3.16. The summed E-state index contributed by atoms with van der Waals surface area (Å²) in [5.41, 5.74) is 5.80. The van der Waals surface area contributed by atoms with Gasteiger partial charge in [-0.25, -0.2) is 0 Å². The number of rotatable bonds is 8. The molecule has 0 bridgehead atoms. The molecule has 1 aliphatic rings. The number of aromatic nitrogens is 1. The standard InChI is InChI=1S/C20H22ClNO2S/c21-20-11-18(8-7-15(20)6-3-9-23)24-13-17-5-2-1-4-16(17)10-19-12-22-14-25-19/h7-9,11-12,14H,1-6,10,13H2. The molecule has 0 saturated carbocycles. The summed E-state index contributed by atoms with van der Waals surface area (Å²) in [6.07, 6.45) is 9.80. The Labute approximate surface area is 157 Å². The van der Waals surface area contributed by atoms with Crippen molar-refractivity contribution in [3.8, 4) is 5.75 Å². The minimum Gasteiger partial charge on any atom is -0.489 e. The molecule has 0 saturated heterocycles. The first-order valence-corrected chi connectivity index (χ1v) is 9.94. The first-order chi connectivity index (χ1) is 12.3. The molecular formula is C20H22ClNO2S. The Hall–Kier alpha value is -1.65. The van der Waals surface area contributed by atoms with Gasteiger partial charge in [-0.3, -0.25) is 4.98 Å². The topological polar surface area (TPSA) is 39.2 Å². The van der Waals surface area contributed by atoms with Crippen LogP contribution in [0.15, 0.2) is 41.1 Å². The van der Waals surface area contributed by atoms with Crippen molar-refractivity contribution < 1.29 is 9.53 Å². The van der Waals surface area contributed by atoms with Crippen LogP contribution in [-0.2, 0) is 17.6 Å². The number of benzene rings is 1. The van der Waals surface area contributed by atoms with Crippen molar-refractivity contribution in [2.24, 2.45) is 0 Å². The monoisotopic (exact) mass is 375 g/mol. The van der Waals surface area contributed by atoms with Crippen molar-refractivity contribution in [2.45, 2.75) is 44.9 Å². The van der Waals surface area contributed by atoms with Crippen molar-refractivity contribution in [3.05, 3.63) is 56.5 Å². The van der Waals surface area contributed by atoms with Crippen LogP contribution >= 0.6 is 22.9 Å². The van der Waals surface area contributed by atoms with Crippen molar-refractivity contribution in [1.82, 2.24) is 4.98 Å². The Morgan fingerprint density at radius 2 is 2.08 bits per heavy atom. The number of hydrogen-bond acceptors (Lipinski definition) is 4. The third-order valence-electron chi connectivity index (χ3n) is 4.55. The van der Waals surface area contributed by atoms with Gasteiger partial charge in [0.1, 0.15) is 18.6 Å². The van der Waals surface area contributed by atoms with Crippen LogP contribution in [0.1, 0.15) is 42.5 Å². The van der Waals surface area contributed by atoms with Gasteiger partial charge < -0.3 is 9.53 Å². The average molecular weight is 376 g/mol. The third kappa shape index (κ3) is 5.16. The van der Waals surface area contributed by atoms with E-state index in [1.165, 1.54) is 28.9 Å². The van der Waals surface area contributed by atoms with Crippen molar-refractivity contribution in [3.63, 3.8) is 0 Å². The van der Waals surface area contributed by atoms with Crippen LogP contribution in [0, 0.1) is 0 Å². The van der Waals surface area contributed by atoms with Crippen molar-refractivity contribution in [2.75, 3.05) is 6.61 Å². The lowest BCUT2D eigenvalue weighted by Gasteiger charge is -2.20. The van der Waals surface area contributed by atoms with E-state index in [1.54, 1.807) is 11.3 Å². The van der Waals surface area contributed by atoms with E-state index in [2.05, 4.69) is 4.98 Å². The number of aldehydes is 1. The number of ether oxygens (including phenoxy) is 1. The van der Waals surface area contributed by atoms with Crippen LogP contribution in [0.5, 0.6) is 5.75 Å². The van der Waals surface area contributed by atoms with Crippen LogP contribution in [0.2, 0.25) is 5.02 Å². The van der Waals surface area contributed by atoms with Gasteiger partial charge in [-0.15, -0.1) is 11.3 Å². The van der Waals surface area contributed by atoms with Crippen LogP contribution in [0.25, 0.3) is 0 Å². The Balaban J connectivity index is 1.65. The molecule has 1 aromatic heterocycles. The van der Waals surface area contributed by atoms with Gasteiger partial charge in [-0.2, -0.15) is 0 Å². The van der Waals surface area contributed by atoms with Gasteiger partial charge in [0.05, 0.1) is 5.51 Å². The average Bonchev–Trinajstić information content (AvgIpc) is 3.13. The summed E-state index contributed by atoms with van der Waals surface area (Å²) in [6.45, 7) is 0.623. The van der Waals surface area contributed by atoms with Gasteiger partial charge in [0.15, 0.2) is 0 Å². The zero-order valence-electron chi connectivity index (χ0n) is 14.2. The van der Waals surface area contributed by atoms with E-state index in [-0.39, 0.29) is 0 Å². The van der Waals surface area contributed by atoms with Crippen molar-refractivity contribution >= 4 is 29.2 Å². The summed E-state index contributed by atoms with van der Waals surface area (Å²) in [4.78, 5) is 16.0. The molecule has 2 aromatic rings. The minimum atomic E-state index is 0.494. The van der Waals surface area contributed by atoms with Gasteiger partial charge in [-0.05, 0) is 55.4 Å². The first kappa shape index (κ1) is 18.2. The highest BCUT2D eigenvalue weighted by Crippen LogP contribution is 2.30. The summed E-state index contributed by atoms with van der Waals surface area (Å²) in [6, 6.07) is 5.75. The van der Waals surface area contributed by atoms with E-state index >= 15 is 0 Å². The first-order valence-electron chi connectivity index (χ1n) is 8.68. The lowest BCUT2D eigenvalue weighted by molar-refractivity contribution is -0.107. The molecule has 132 valence electrons. The molecular weight excluding hydrogens is 354 g/mol. The molecule has 25 heavy (non-hydrogen) atoms. The number of allylic oxidation sites excluding steroid dienone is 1. The number of carbonyl (C=O) groups excluding carboxylic acids is 1. The molecule has 0 radical (unpaired) electrons. The quantitative estimate of drug-likeness (QED) is 0.456. The molecule has 3 rings (SSSR count). The van der Waals surface area contributed by atoms with E-state index in [1.807, 2.05) is 29.9 Å². The van der Waals surface area contributed by atoms with Gasteiger partial charge in [0.2, 0.25) is 0 Å². The van der Waals surface area contributed by atoms with Crippen LogP contribution in [-0.4, -0.2) is 17.9 Å². The normalized spacial score (nSPS) is 14.6. The lowest BCUT2D eigenvalue weighted by Crippen LogP contribution is -2.10. The minimum absolute atomic E-state index is 0.494. The number of thiazole rings is 1. The molecule has 0 unspecified atom stereocenters. The molecule has 1 heterocycles. The summed E-state index contributed by atoms with van der Waals surface area (Å²) >= 11 is 8.01. The second kappa shape index (κ2) is 9.16. The molecule has 0 atom stereocenters. The van der Waals surface area contributed by atoms with Gasteiger partial charge in [0, 0.05) is 28.9 Å². The highest BCUT2D eigenvalue weighted by Gasteiger charge is 2.15. The summed E-state index contributed by atoms with van der Waals surface area (Å²) in [5.74, 6) is 0.787.